The lowest BCUT2D eigenvalue weighted by Gasteiger charge is -1.92. The van der Waals surface area contributed by atoms with Crippen molar-refractivity contribution >= 4 is 0 Å². The zero-order valence-corrected chi connectivity index (χ0v) is 4.97. The van der Waals surface area contributed by atoms with E-state index < -0.39 is 0 Å². The minimum absolute atomic E-state index is 0.216. The van der Waals surface area contributed by atoms with Crippen molar-refractivity contribution in [2.45, 2.75) is 6.54 Å². The van der Waals surface area contributed by atoms with Crippen LogP contribution in [0.5, 0.6) is 0 Å². The van der Waals surface area contributed by atoms with Gasteiger partial charge in [-0.15, -0.1) is 0 Å². The van der Waals surface area contributed by atoms with Crippen LogP contribution in [0, 0.1) is 5.82 Å². The van der Waals surface area contributed by atoms with Gasteiger partial charge in [-0.05, 0) is 17.7 Å². The van der Waals surface area contributed by atoms with Gasteiger partial charge in [0.25, 0.3) is 0 Å². The van der Waals surface area contributed by atoms with Gasteiger partial charge < -0.3 is 5.73 Å². The average Bonchev–Trinajstić information content (AvgIpc) is 1.90. The van der Waals surface area contributed by atoms with E-state index in [2.05, 4.69) is 0 Å². The highest BCUT2D eigenvalue weighted by molar-refractivity contribution is 5.15. The molecule has 0 bridgehead atoms. The lowest BCUT2D eigenvalue weighted by atomic mass is 10.9. The number of benzene rings is 1. The molecular weight excluding hydrogens is 123 g/mol. The monoisotopic (exact) mass is 131 g/mol. The van der Waals surface area contributed by atoms with Crippen LogP contribution in [-0.4, -0.2) is 0 Å². The Balaban J connectivity index is 2.88. The molecule has 0 heterocycles. The molecular formula is C7H8FN. The third-order valence-electron chi connectivity index (χ3n) is 1.15. The van der Waals surface area contributed by atoms with E-state index in [-0.39, 0.29) is 5.82 Å². The van der Waals surface area contributed by atoms with E-state index in [0.717, 1.165) is 5.56 Å². The van der Waals surface area contributed by atoms with Crippen molar-refractivity contribution in [1.29, 1.82) is 0 Å². The van der Waals surface area contributed by atoms with Crippen LogP contribution in [0.3, 0.4) is 0 Å². The van der Waals surface area contributed by atoms with Crippen molar-refractivity contribution in [1.82, 2.24) is 0 Å². The number of halogens is 1. The molecule has 0 unspecified atom stereocenters. The van der Waals surface area contributed by atoms with Crippen molar-refractivity contribution in [3.05, 3.63) is 35.6 Å². The lowest BCUT2D eigenvalue weighted by molar-refractivity contribution is 0.627. The minimum atomic E-state index is -0.216. The third-order valence-corrected chi connectivity index (χ3v) is 1.15. The molecule has 2 heteroatoms. The van der Waals surface area contributed by atoms with Gasteiger partial charge in [-0.3, -0.25) is 0 Å². The maximum Gasteiger partial charge on any atom is 0.123 e. The molecule has 48 valence electrons. The fraction of sp³-hybridized carbons (Fsp3) is 0.143. The molecule has 0 radical (unpaired) electrons. The number of hydrogen-bond donors (Lipinski definition) is 1. The predicted octanol–water partition coefficient (Wildman–Crippen LogP) is 1.28. The van der Waals surface area contributed by atoms with Crippen LogP contribution < -0.4 is 5.73 Å². The Morgan fingerprint density at radius 3 is 2.22 bits per heavy atom. The Labute approximate surface area is 53.3 Å². The number of nitrogens with two attached hydrogens (primary N) is 1. The van der Waals surface area contributed by atoms with Gasteiger partial charge in [-0.25, -0.2) is 4.39 Å². The summed E-state index contributed by atoms with van der Waals surface area (Å²) in [7, 11) is 0. The van der Waals surface area contributed by atoms with Crippen molar-refractivity contribution in [3.63, 3.8) is 0 Å². The summed E-state index contributed by atoms with van der Waals surface area (Å²) in [6, 6.07) is 6.16. The summed E-state index contributed by atoms with van der Waals surface area (Å²) in [6.07, 6.45) is 0. The van der Waals surface area contributed by atoms with Crippen molar-refractivity contribution in [3.8, 4) is 0 Å². The first kappa shape index (κ1) is 6.23. The largest absolute Gasteiger partial charge is 0.326 e. The highest BCUT2D eigenvalue weighted by Gasteiger charge is 1.87. The van der Waals surface area contributed by atoms with Gasteiger partial charge in [0.05, 0.1) is 0 Å². The van der Waals surface area contributed by atoms with Crippen LogP contribution in [0.2, 0.25) is 0 Å². The first-order valence-corrected chi connectivity index (χ1v) is 2.77. The van der Waals surface area contributed by atoms with Gasteiger partial charge in [0.15, 0.2) is 0 Å². The standard InChI is InChI=1S/C7H8FN/c8-7-3-1-6(5-9)2-4-7/h1-4H,5,9H2/i1+1,2+1,3+1,4+1,6+1,7+1. The minimum Gasteiger partial charge on any atom is -0.326 e. The van der Waals surface area contributed by atoms with E-state index in [4.69, 9.17) is 5.73 Å². The molecule has 0 saturated heterocycles. The molecule has 1 aromatic carbocycles. The van der Waals surface area contributed by atoms with Crippen molar-refractivity contribution in [2.75, 3.05) is 0 Å². The molecule has 0 spiro atoms. The molecule has 0 aliphatic rings. The number of hydrogen-bond acceptors (Lipinski definition) is 1. The Bertz CT molecular complexity index is 181. The van der Waals surface area contributed by atoms with Gasteiger partial charge in [0, 0.05) is 6.54 Å². The maximum absolute atomic E-state index is 12.2. The fourth-order valence-electron chi connectivity index (χ4n) is 0.620. The van der Waals surface area contributed by atoms with Crippen LogP contribution >= 0.6 is 0 Å². The topological polar surface area (TPSA) is 26.0 Å². The van der Waals surface area contributed by atoms with Gasteiger partial charge >= 0.3 is 0 Å². The average molecular weight is 131 g/mol. The van der Waals surface area contributed by atoms with E-state index in [1.165, 1.54) is 12.1 Å². The van der Waals surface area contributed by atoms with E-state index in [0.29, 0.717) is 6.54 Å². The molecule has 2 N–H and O–H groups in total. The Morgan fingerprint density at radius 2 is 1.78 bits per heavy atom. The highest BCUT2D eigenvalue weighted by Crippen LogP contribution is 2.00. The maximum atomic E-state index is 12.2. The summed E-state index contributed by atoms with van der Waals surface area (Å²) in [6.45, 7) is 0.472. The summed E-state index contributed by atoms with van der Waals surface area (Å²) in [5.41, 5.74) is 6.23. The van der Waals surface area contributed by atoms with Crippen molar-refractivity contribution in [2.24, 2.45) is 5.73 Å². The molecule has 1 rings (SSSR count). The molecule has 1 aromatic rings. The van der Waals surface area contributed by atoms with E-state index >= 15 is 0 Å². The van der Waals surface area contributed by atoms with Crippen LogP contribution in [-0.2, 0) is 6.54 Å². The zero-order valence-electron chi connectivity index (χ0n) is 4.97. The zero-order chi connectivity index (χ0) is 6.69. The quantitative estimate of drug-likeness (QED) is 0.610. The Morgan fingerprint density at radius 1 is 1.22 bits per heavy atom. The molecule has 0 aliphatic carbocycles. The highest BCUT2D eigenvalue weighted by atomic mass is 19.2. The SMILES string of the molecule is NC[13c]1[13cH][13cH][13c](F)[13cH][13cH]1. The second kappa shape index (κ2) is 2.60. The third kappa shape index (κ3) is 1.50. The fourth-order valence-corrected chi connectivity index (χ4v) is 0.620. The van der Waals surface area contributed by atoms with Gasteiger partial charge in [-0.2, -0.15) is 0 Å². The van der Waals surface area contributed by atoms with E-state index in [1.807, 2.05) is 0 Å². The predicted molar refractivity (Wildman–Crippen MR) is 34.3 cm³/mol. The molecule has 0 fully saturated rings. The molecule has 0 aromatic heterocycles. The van der Waals surface area contributed by atoms with E-state index in [1.54, 1.807) is 12.1 Å². The molecule has 0 saturated carbocycles. The smallest absolute Gasteiger partial charge is 0.123 e. The van der Waals surface area contributed by atoms with Crippen LogP contribution in [0.25, 0.3) is 0 Å². The molecule has 1 nitrogen and oxygen atoms in total. The molecule has 9 heavy (non-hydrogen) atoms. The summed E-state index contributed by atoms with van der Waals surface area (Å²) in [5, 5.41) is 0. The van der Waals surface area contributed by atoms with Gasteiger partial charge in [0.2, 0.25) is 0 Å². The normalized spacial score (nSPS) is 9.56. The second-order valence-corrected chi connectivity index (χ2v) is 1.83. The first-order valence-electron chi connectivity index (χ1n) is 2.77. The van der Waals surface area contributed by atoms with Crippen LogP contribution in [0.4, 0.5) is 4.39 Å². The Kier molecular flexibility index (Phi) is 1.80. The van der Waals surface area contributed by atoms with Crippen LogP contribution in [0.15, 0.2) is 24.3 Å². The number of rotatable bonds is 1. The van der Waals surface area contributed by atoms with E-state index in [9.17, 15) is 4.39 Å². The summed E-state index contributed by atoms with van der Waals surface area (Å²) in [5.74, 6) is -0.216. The summed E-state index contributed by atoms with van der Waals surface area (Å²) >= 11 is 0. The summed E-state index contributed by atoms with van der Waals surface area (Å²) in [4.78, 5) is 0. The lowest BCUT2D eigenvalue weighted by Crippen LogP contribution is -1.94. The molecule has 0 aliphatic heterocycles. The van der Waals surface area contributed by atoms with Crippen LogP contribution in [0.1, 0.15) is 5.56 Å². The summed E-state index contributed by atoms with van der Waals surface area (Å²) < 4.78 is 12.2. The molecule has 0 amide bonds. The van der Waals surface area contributed by atoms with Gasteiger partial charge in [0.1, 0.15) is 5.82 Å². The Hall–Kier alpha value is -0.890. The van der Waals surface area contributed by atoms with Gasteiger partial charge in [-0.1, -0.05) is 12.1 Å². The second-order valence-electron chi connectivity index (χ2n) is 1.83. The first-order chi connectivity index (χ1) is 4.33. The van der Waals surface area contributed by atoms with Crippen molar-refractivity contribution < 1.29 is 4.39 Å². The molecule has 0 atom stereocenters.